The molecule has 1 fully saturated rings. The average Bonchev–Trinajstić information content (AvgIpc) is 2.88. The van der Waals surface area contributed by atoms with Crippen LogP contribution in [-0.4, -0.2) is 35.1 Å². The highest BCUT2D eigenvalue weighted by Crippen LogP contribution is 2.23. The lowest BCUT2D eigenvalue weighted by atomic mass is 9.92. The highest BCUT2D eigenvalue weighted by atomic mass is 16.4. The summed E-state index contributed by atoms with van der Waals surface area (Å²) in [5, 5.41) is 15.2. The first-order valence-corrected chi connectivity index (χ1v) is 7.70. The van der Waals surface area contributed by atoms with E-state index in [2.05, 4.69) is 10.6 Å². The average molecular weight is 284 g/mol. The van der Waals surface area contributed by atoms with E-state index in [1.54, 1.807) is 6.92 Å². The molecule has 1 amide bonds. The van der Waals surface area contributed by atoms with Crippen LogP contribution in [0.25, 0.3) is 0 Å². The summed E-state index contributed by atoms with van der Waals surface area (Å²) in [4.78, 5) is 23.1. The van der Waals surface area contributed by atoms with Gasteiger partial charge in [-0.15, -0.1) is 0 Å². The Hall–Kier alpha value is -1.10. The summed E-state index contributed by atoms with van der Waals surface area (Å²) in [6.07, 6.45) is 5.06. The van der Waals surface area contributed by atoms with Crippen molar-refractivity contribution in [2.75, 3.05) is 6.54 Å². The van der Waals surface area contributed by atoms with Crippen LogP contribution in [0, 0.1) is 5.92 Å². The summed E-state index contributed by atoms with van der Waals surface area (Å²) in [7, 11) is 0. The van der Waals surface area contributed by atoms with Crippen molar-refractivity contribution in [1.29, 1.82) is 0 Å². The molecule has 1 heterocycles. The van der Waals surface area contributed by atoms with Gasteiger partial charge in [0.05, 0.1) is 11.5 Å². The van der Waals surface area contributed by atoms with Gasteiger partial charge < -0.3 is 15.7 Å². The van der Waals surface area contributed by atoms with Crippen LogP contribution in [0.15, 0.2) is 0 Å². The molecule has 1 saturated heterocycles. The molecule has 5 heteroatoms. The molecule has 5 nitrogen and oxygen atoms in total. The molecule has 3 unspecified atom stereocenters. The minimum Gasteiger partial charge on any atom is -0.481 e. The van der Waals surface area contributed by atoms with Gasteiger partial charge in [-0.3, -0.25) is 9.59 Å². The standard InChI is InChI=1S/C15H28N2O3/c1-4-15(9-6-10-16-15)14(20)17-12(3)8-5-7-11(2)13(18)19/h11-12,16H,4-10H2,1-3H3,(H,17,20)(H,18,19). The summed E-state index contributed by atoms with van der Waals surface area (Å²) in [5.41, 5.74) is -0.386. The Kier molecular flexibility index (Phi) is 6.46. The lowest BCUT2D eigenvalue weighted by Crippen LogP contribution is -2.54. The van der Waals surface area contributed by atoms with E-state index in [-0.39, 0.29) is 23.4 Å². The third-order valence-electron chi connectivity index (χ3n) is 4.36. The molecule has 1 aliphatic rings. The highest BCUT2D eigenvalue weighted by Gasteiger charge is 2.39. The molecule has 0 aromatic carbocycles. The Balaban J connectivity index is 2.32. The van der Waals surface area contributed by atoms with Gasteiger partial charge in [-0.2, -0.15) is 0 Å². The zero-order chi connectivity index (χ0) is 15.2. The molecule has 0 aromatic heterocycles. The molecular formula is C15H28N2O3. The molecular weight excluding hydrogens is 256 g/mol. The van der Waals surface area contributed by atoms with E-state index >= 15 is 0 Å². The maximum Gasteiger partial charge on any atom is 0.306 e. The molecule has 0 bridgehead atoms. The normalized spacial score (nSPS) is 25.1. The predicted molar refractivity (Wildman–Crippen MR) is 78.5 cm³/mol. The second-order valence-corrected chi connectivity index (χ2v) is 6.01. The quantitative estimate of drug-likeness (QED) is 0.636. The summed E-state index contributed by atoms with van der Waals surface area (Å²) in [5.74, 6) is -0.963. The molecule has 116 valence electrons. The number of hydrogen-bond donors (Lipinski definition) is 3. The Bertz CT molecular complexity index is 338. The first-order valence-electron chi connectivity index (χ1n) is 7.70. The van der Waals surface area contributed by atoms with E-state index < -0.39 is 5.97 Å². The molecule has 3 N–H and O–H groups in total. The van der Waals surface area contributed by atoms with Crippen LogP contribution in [0.2, 0.25) is 0 Å². The molecule has 3 atom stereocenters. The van der Waals surface area contributed by atoms with Crippen LogP contribution in [0.5, 0.6) is 0 Å². The fourth-order valence-corrected chi connectivity index (χ4v) is 2.75. The second kappa shape index (κ2) is 7.62. The van der Waals surface area contributed by atoms with Gasteiger partial charge in [0.25, 0.3) is 0 Å². The molecule has 0 spiro atoms. The Morgan fingerprint density at radius 2 is 2.05 bits per heavy atom. The van der Waals surface area contributed by atoms with Crippen LogP contribution in [0.3, 0.4) is 0 Å². The third kappa shape index (κ3) is 4.47. The Labute approximate surface area is 121 Å². The fourth-order valence-electron chi connectivity index (χ4n) is 2.75. The molecule has 1 aliphatic heterocycles. The number of carbonyl (C=O) groups excluding carboxylic acids is 1. The molecule has 0 saturated carbocycles. The summed E-state index contributed by atoms with van der Waals surface area (Å²) in [6, 6.07) is 0.0920. The van der Waals surface area contributed by atoms with Crippen molar-refractivity contribution in [3.63, 3.8) is 0 Å². The highest BCUT2D eigenvalue weighted by molar-refractivity contribution is 5.86. The minimum absolute atomic E-state index is 0.0920. The number of nitrogens with one attached hydrogen (secondary N) is 2. The van der Waals surface area contributed by atoms with Gasteiger partial charge in [0.1, 0.15) is 0 Å². The lowest BCUT2D eigenvalue weighted by molar-refractivity contribution is -0.141. The Morgan fingerprint density at radius 1 is 1.35 bits per heavy atom. The molecule has 1 rings (SSSR count). The second-order valence-electron chi connectivity index (χ2n) is 6.01. The van der Waals surface area contributed by atoms with Gasteiger partial charge in [0.2, 0.25) is 5.91 Å². The maximum absolute atomic E-state index is 12.3. The van der Waals surface area contributed by atoms with E-state index in [9.17, 15) is 9.59 Å². The topological polar surface area (TPSA) is 78.4 Å². The van der Waals surface area contributed by atoms with Crippen molar-refractivity contribution < 1.29 is 14.7 Å². The predicted octanol–water partition coefficient (Wildman–Crippen LogP) is 1.91. The van der Waals surface area contributed by atoms with Crippen LogP contribution in [-0.2, 0) is 9.59 Å². The fraction of sp³-hybridized carbons (Fsp3) is 0.867. The zero-order valence-corrected chi connectivity index (χ0v) is 12.9. The van der Waals surface area contributed by atoms with Gasteiger partial charge in [-0.25, -0.2) is 0 Å². The number of carboxylic acid groups (broad SMARTS) is 1. The van der Waals surface area contributed by atoms with E-state index in [0.29, 0.717) is 6.42 Å². The van der Waals surface area contributed by atoms with Gasteiger partial charge in [-0.1, -0.05) is 20.3 Å². The third-order valence-corrected chi connectivity index (χ3v) is 4.36. The van der Waals surface area contributed by atoms with Crippen molar-refractivity contribution in [2.45, 2.75) is 70.9 Å². The summed E-state index contributed by atoms with van der Waals surface area (Å²) < 4.78 is 0. The largest absolute Gasteiger partial charge is 0.481 e. The van der Waals surface area contributed by atoms with Crippen molar-refractivity contribution in [3.05, 3.63) is 0 Å². The molecule has 0 radical (unpaired) electrons. The van der Waals surface area contributed by atoms with Crippen molar-refractivity contribution in [1.82, 2.24) is 10.6 Å². The van der Waals surface area contributed by atoms with Gasteiger partial charge >= 0.3 is 5.97 Å². The van der Waals surface area contributed by atoms with E-state index in [4.69, 9.17) is 5.11 Å². The zero-order valence-electron chi connectivity index (χ0n) is 12.9. The first kappa shape index (κ1) is 17.0. The molecule has 0 aromatic rings. The molecule has 20 heavy (non-hydrogen) atoms. The number of carboxylic acids is 1. The number of rotatable bonds is 8. The smallest absolute Gasteiger partial charge is 0.306 e. The minimum atomic E-state index is -0.748. The number of amides is 1. The first-order chi connectivity index (χ1) is 9.41. The Morgan fingerprint density at radius 3 is 2.55 bits per heavy atom. The lowest BCUT2D eigenvalue weighted by Gasteiger charge is -2.28. The van der Waals surface area contributed by atoms with Gasteiger partial charge in [-0.05, 0) is 45.6 Å². The number of hydrogen-bond acceptors (Lipinski definition) is 3. The van der Waals surface area contributed by atoms with E-state index in [1.807, 2.05) is 13.8 Å². The van der Waals surface area contributed by atoms with Crippen molar-refractivity contribution >= 4 is 11.9 Å². The van der Waals surface area contributed by atoms with Gasteiger partial charge in [0.15, 0.2) is 0 Å². The van der Waals surface area contributed by atoms with Crippen LogP contribution >= 0.6 is 0 Å². The van der Waals surface area contributed by atoms with E-state index in [0.717, 1.165) is 38.6 Å². The summed E-state index contributed by atoms with van der Waals surface area (Å²) >= 11 is 0. The monoisotopic (exact) mass is 284 g/mol. The number of aliphatic carboxylic acids is 1. The SMILES string of the molecule is CCC1(C(=O)NC(C)CCCC(C)C(=O)O)CCCN1. The molecule has 0 aliphatic carbocycles. The van der Waals surface area contributed by atoms with Crippen LogP contribution in [0.4, 0.5) is 0 Å². The van der Waals surface area contributed by atoms with Crippen molar-refractivity contribution in [2.24, 2.45) is 5.92 Å². The maximum atomic E-state index is 12.3. The van der Waals surface area contributed by atoms with E-state index in [1.165, 1.54) is 0 Å². The van der Waals surface area contributed by atoms with Crippen LogP contribution < -0.4 is 10.6 Å². The van der Waals surface area contributed by atoms with Crippen molar-refractivity contribution in [3.8, 4) is 0 Å². The van der Waals surface area contributed by atoms with Gasteiger partial charge in [0, 0.05) is 6.04 Å². The summed E-state index contributed by atoms with van der Waals surface area (Å²) in [6.45, 7) is 6.66. The van der Waals surface area contributed by atoms with Crippen LogP contribution in [0.1, 0.15) is 59.3 Å². The number of carbonyl (C=O) groups is 2.